The Balaban J connectivity index is 2.81. The Morgan fingerprint density at radius 1 is 1.67 bits per heavy atom. The van der Waals surface area contributed by atoms with E-state index in [1.807, 2.05) is 25.3 Å². The van der Waals surface area contributed by atoms with Gasteiger partial charge in [-0.05, 0) is 20.8 Å². The molecule has 0 aliphatic rings. The Hall–Kier alpha value is -1.19. The highest BCUT2D eigenvalue weighted by molar-refractivity contribution is 5.28. The number of ether oxygens (including phenoxy) is 1. The van der Waals surface area contributed by atoms with Crippen LogP contribution in [-0.4, -0.2) is 15.7 Å². The van der Waals surface area contributed by atoms with Gasteiger partial charge in [0.25, 0.3) is 6.01 Å². The van der Waals surface area contributed by atoms with Crippen LogP contribution >= 0.6 is 0 Å². The van der Waals surface area contributed by atoms with Gasteiger partial charge in [0.05, 0.1) is 12.3 Å². The van der Waals surface area contributed by atoms with Crippen molar-refractivity contribution in [2.45, 2.75) is 33.4 Å². The van der Waals surface area contributed by atoms with Crippen LogP contribution in [0.25, 0.3) is 0 Å². The maximum Gasteiger partial charge on any atom is 0.298 e. The van der Waals surface area contributed by atoms with Crippen molar-refractivity contribution in [3.05, 3.63) is 6.20 Å². The van der Waals surface area contributed by atoms with Crippen molar-refractivity contribution in [1.29, 1.82) is 0 Å². The summed E-state index contributed by atoms with van der Waals surface area (Å²) in [4.78, 5) is 4.04. The third-order valence-electron chi connectivity index (χ3n) is 1.44. The maximum atomic E-state index is 5.52. The summed E-state index contributed by atoms with van der Waals surface area (Å²) in [5.74, 6) is 0.507. The first kappa shape index (κ1) is 8.90. The fourth-order valence-corrected chi connectivity index (χ4v) is 0.950. The van der Waals surface area contributed by atoms with Crippen LogP contribution in [0.1, 0.15) is 20.8 Å². The van der Waals surface area contributed by atoms with Crippen LogP contribution in [0, 0.1) is 0 Å². The van der Waals surface area contributed by atoms with Gasteiger partial charge in [0.1, 0.15) is 5.82 Å². The Morgan fingerprint density at radius 3 is 2.83 bits per heavy atom. The molecule has 0 bridgehead atoms. The normalized spacial score (nSPS) is 10.7. The number of imidazole rings is 1. The predicted molar refractivity (Wildman–Crippen MR) is 48.1 cm³/mol. The minimum absolute atomic E-state index is 0.136. The summed E-state index contributed by atoms with van der Waals surface area (Å²) in [5, 5.41) is 0. The highest BCUT2D eigenvalue weighted by Crippen LogP contribution is 2.13. The van der Waals surface area contributed by atoms with E-state index in [9.17, 15) is 0 Å². The van der Waals surface area contributed by atoms with E-state index in [-0.39, 0.29) is 6.10 Å². The molecule has 0 spiro atoms. The zero-order valence-electron chi connectivity index (χ0n) is 7.74. The zero-order valence-corrected chi connectivity index (χ0v) is 7.74. The summed E-state index contributed by atoms with van der Waals surface area (Å²) in [6.07, 6.45) is 1.91. The van der Waals surface area contributed by atoms with Crippen molar-refractivity contribution in [2.75, 3.05) is 5.73 Å². The first-order valence-electron chi connectivity index (χ1n) is 4.12. The number of rotatable bonds is 3. The predicted octanol–water partition coefficient (Wildman–Crippen LogP) is 1.27. The lowest BCUT2D eigenvalue weighted by Gasteiger charge is -2.08. The summed E-state index contributed by atoms with van der Waals surface area (Å²) in [6, 6.07) is 0.602. The highest BCUT2D eigenvalue weighted by atomic mass is 16.5. The minimum atomic E-state index is 0.136. The molecule has 0 fully saturated rings. The summed E-state index contributed by atoms with van der Waals surface area (Å²) >= 11 is 0. The molecule has 0 aliphatic carbocycles. The van der Waals surface area contributed by atoms with Crippen molar-refractivity contribution in [1.82, 2.24) is 9.55 Å². The van der Waals surface area contributed by atoms with Gasteiger partial charge in [-0.15, -0.1) is 0 Å². The smallest absolute Gasteiger partial charge is 0.298 e. The Morgan fingerprint density at radius 2 is 2.33 bits per heavy atom. The number of anilines is 1. The van der Waals surface area contributed by atoms with Crippen LogP contribution in [0.3, 0.4) is 0 Å². The Kier molecular flexibility index (Phi) is 2.58. The number of hydrogen-bond acceptors (Lipinski definition) is 3. The lowest BCUT2D eigenvalue weighted by atomic mass is 10.5. The SMILES string of the molecule is CCn1cc(N)nc1OC(C)C. The van der Waals surface area contributed by atoms with Gasteiger partial charge in [-0.25, -0.2) is 0 Å². The molecule has 68 valence electrons. The molecule has 12 heavy (non-hydrogen) atoms. The second-order valence-electron chi connectivity index (χ2n) is 2.90. The van der Waals surface area contributed by atoms with Gasteiger partial charge in [-0.3, -0.25) is 4.57 Å². The van der Waals surface area contributed by atoms with Gasteiger partial charge in [-0.1, -0.05) is 0 Å². The van der Waals surface area contributed by atoms with Gasteiger partial charge < -0.3 is 10.5 Å². The molecule has 4 heteroatoms. The van der Waals surface area contributed by atoms with Gasteiger partial charge in [0.2, 0.25) is 0 Å². The number of aromatic nitrogens is 2. The molecule has 0 aromatic carbocycles. The maximum absolute atomic E-state index is 5.52. The molecular weight excluding hydrogens is 154 g/mol. The second kappa shape index (κ2) is 3.47. The fraction of sp³-hybridized carbons (Fsp3) is 0.625. The van der Waals surface area contributed by atoms with Crippen molar-refractivity contribution in [3.8, 4) is 6.01 Å². The van der Waals surface area contributed by atoms with Crippen LogP contribution in [0.15, 0.2) is 6.20 Å². The molecule has 1 rings (SSSR count). The quantitative estimate of drug-likeness (QED) is 0.741. The molecule has 0 amide bonds. The van der Waals surface area contributed by atoms with Crippen LogP contribution in [0.2, 0.25) is 0 Å². The number of nitrogen functional groups attached to an aromatic ring is 1. The molecule has 1 heterocycles. The molecule has 1 aromatic rings. The molecule has 0 radical (unpaired) electrons. The Labute approximate surface area is 72.3 Å². The van der Waals surface area contributed by atoms with Crippen LogP contribution in [0.5, 0.6) is 6.01 Å². The van der Waals surface area contributed by atoms with E-state index in [1.54, 1.807) is 6.20 Å². The van der Waals surface area contributed by atoms with Crippen molar-refractivity contribution >= 4 is 5.82 Å². The molecule has 4 nitrogen and oxygen atoms in total. The monoisotopic (exact) mass is 169 g/mol. The molecule has 0 unspecified atom stereocenters. The molecule has 0 aliphatic heterocycles. The topological polar surface area (TPSA) is 53.1 Å². The molecule has 0 saturated carbocycles. The number of nitrogens with zero attached hydrogens (tertiary/aromatic N) is 2. The van der Waals surface area contributed by atoms with E-state index in [4.69, 9.17) is 10.5 Å². The van der Waals surface area contributed by atoms with Crippen molar-refractivity contribution in [3.63, 3.8) is 0 Å². The van der Waals surface area contributed by atoms with Gasteiger partial charge in [0.15, 0.2) is 0 Å². The number of aryl methyl sites for hydroxylation is 1. The van der Waals surface area contributed by atoms with E-state index < -0.39 is 0 Å². The van der Waals surface area contributed by atoms with E-state index >= 15 is 0 Å². The lowest BCUT2D eigenvalue weighted by Crippen LogP contribution is -2.10. The number of hydrogen-bond donors (Lipinski definition) is 1. The largest absolute Gasteiger partial charge is 0.462 e. The van der Waals surface area contributed by atoms with E-state index in [2.05, 4.69) is 4.98 Å². The third kappa shape index (κ3) is 1.90. The lowest BCUT2D eigenvalue weighted by molar-refractivity contribution is 0.213. The van der Waals surface area contributed by atoms with Gasteiger partial charge >= 0.3 is 0 Å². The zero-order chi connectivity index (χ0) is 9.14. The molecule has 1 aromatic heterocycles. The van der Waals surface area contributed by atoms with Crippen LogP contribution in [0.4, 0.5) is 5.82 Å². The second-order valence-corrected chi connectivity index (χ2v) is 2.90. The fourth-order valence-electron chi connectivity index (χ4n) is 0.950. The van der Waals surface area contributed by atoms with E-state index in [0.29, 0.717) is 11.8 Å². The van der Waals surface area contributed by atoms with Gasteiger partial charge in [-0.2, -0.15) is 4.98 Å². The average Bonchev–Trinajstić information content (AvgIpc) is 2.29. The minimum Gasteiger partial charge on any atom is -0.462 e. The summed E-state index contributed by atoms with van der Waals surface area (Å²) in [7, 11) is 0. The molecule has 0 saturated heterocycles. The summed E-state index contributed by atoms with van der Waals surface area (Å²) in [5.41, 5.74) is 5.52. The molecular formula is C8H15N3O. The van der Waals surface area contributed by atoms with E-state index in [1.165, 1.54) is 0 Å². The first-order chi connectivity index (χ1) is 5.63. The van der Waals surface area contributed by atoms with Crippen LogP contribution < -0.4 is 10.5 Å². The van der Waals surface area contributed by atoms with Gasteiger partial charge in [0, 0.05) is 6.54 Å². The number of nitrogens with two attached hydrogens (primary N) is 1. The standard InChI is InChI=1S/C8H15N3O/c1-4-11-5-7(9)10-8(11)12-6(2)3/h5-6H,4,9H2,1-3H3. The van der Waals surface area contributed by atoms with E-state index in [0.717, 1.165) is 6.54 Å². The Bertz CT molecular complexity index is 255. The summed E-state index contributed by atoms with van der Waals surface area (Å²) in [6.45, 7) is 6.77. The van der Waals surface area contributed by atoms with Crippen molar-refractivity contribution < 1.29 is 4.74 Å². The molecule has 2 N–H and O–H groups in total. The van der Waals surface area contributed by atoms with Crippen molar-refractivity contribution in [2.24, 2.45) is 0 Å². The first-order valence-corrected chi connectivity index (χ1v) is 4.12. The van der Waals surface area contributed by atoms with Crippen LogP contribution in [-0.2, 0) is 6.54 Å². The average molecular weight is 169 g/mol. The molecule has 0 atom stereocenters. The third-order valence-corrected chi connectivity index (χ3v) is 1.44. The summed E-state index contributed by atoms with van der Waals surface area (Å²) < 4.78 is 7.31. The highest BCUT2D eigenvalue weighted by Gasteiger charge is 2.06.